The molecule has 1 N–H and O–H groups in total. The minimum Gasteiger partial charge on any atom is -0.298 e. The number of carbonyl (C=O) groups is 1. The van der Waals surface area contributed by atoms with E-state index in [1.54, 1.807) is 11.8 Å². The van der Waals surface area contributed by atoms with E-state index in [-0.39, 0.29) is 16.3 Å². The molecular formula is C15H10ClN3O3S2. The van der Waals surface area contributed by atoms with Crippen molar-refractivity contribution in [2.24, 2.45) is 0 Å². The first-order chi connectivity index (χ1) is 11.5. The highest BCUT2D eigenvalue weighted by molar-refractivity contribution is 7.98. The monoisotopic (exact) mass is 379 g/mol. The SMILES string of the molecule is CSc1ccc2nc(NC(=O)c3cc([N+](=O)[O-])ccc3Cl)sc2c1. The highest BCUT2D eigenvalue weighted by atomic mass is 35.5. The molecule has 1 heterocycles. The highest BCUT2D eigenvalue weighted by Gasteiger charge is 2.17. The molecule has 0 aliphatic rings. The van der Waals surface area contributed by atoms with Gasteiger partial charge in [-0.25, -0.2) is 4.98 Å². The molecule has 0 atom stereocenters. The number of thiazole rings is 1. The van der Waals surface area contributed by atoms with E-state index < -0.39 is 10.8 Å². The fourth-order valence-electron chi connectivity index (χ4n) is 2.05. The molecule has 6 nitrogen and oxygen atoms in total. The van der Waals surface area contributed by atoms with E-state index in [0.717, 1.165) is 21.2 Å². The van der Waals surface area contributed by atoms with Crippen LogP contribution in [0.3, 0.4) is 0 Å². The standard InChI is InChI=1S/C15H10ClN3O3S2/c1-23-9-3-5-12-13(7-9)24-15(17-12)18-14(20)10-6-8(19(21)22)2-4-11(10)16/h2-7H,1H3,(H,17,18,20). The van der Waals surface area contributed by atoms with Crippen LogP contribution in [0.15, 0.2) is 41.3 Å². The van der Waals surface area contributed by atoms with Crippen LogP contribution in [0, 0.1) is 10.1 Å². The molecule has 3 rings (SSSR count). The van der Waals surface area contributed by atoms with Crippen molar-refractivity contribution in [2.45, 2.75) is 4.90 Å². The second-order valence-electron chi connectivity index (χ2n) is 4.73. The lowest BCUT2D eigenvalue weighted by Crippen LogP contribution is -2.12. The number of thioether (sulfide) groups is 1. The van der Waals surface area contributed by atoms with Gasteiger partial charge in [0.15, 0.2) is 5.13 Å². The zero-order valence-corrected chi connectivity index (χ0v) is 14.7. The molecule has 0 fully saturated rings. The minimum absolute atomic E-state index is 0.0370. The van der Waals surface area contributed by atoms with Crippen LogP contribution >= 0.6 is 34.7 Å². The predicted molar refractivity (Wildman–Crippen MR) is 97.5 cm³/mol. The lowest BCUT2D eigenvalue weighted by molar-refractivity contribution is -0.384. The van der Waals surface area contributed by atoms with Gasteiger partial charge in [-0.3, -0.25) is 20.2 Å². The number of anilines is 1. The number of hydrogen-bond donors (Lipinski definition) is 1. The molecule has 0 saturated heterocycles. The smallest absolute Gasteiger partial charge is 0.270 e. The molecule has 0 radical (unpaired) electrons. The molecule has 0 aliphatic carbocycles. The van der Waals surface area contributed by atoms with E-state index in [1.807, 2.05) is 24.5 Å². The van der Waals surface area contributed by atoms with Crippen molar-refractivity contribution >= 4 is 61.6 Å². The van der Waals surface area contributed by atoms with Gasteiger partial charge in [0.05, 0.1) is 25.7 Å². The summed E-state index contributed by atoms with van der Waals surface area (Å²) < 4.78 is 0.947. The van der Waals surface area contributed by atoms with Gasteiger partial charge in [0.2, 0.25) is 0 Å². The molecule has 2 aromatic carbocycles. The van der Waals surface area contributed by atoms with Crippen LogP contribution in [0.5, 0.6) is 0 Å². The van der Waals surface area contributed by atoms with Gasteiger partial charge in [-0.2, -0.15) is 0 Å². The Morgan fingerprint density at radius 2 is 2.12 bits per heavy atom. The van der Waals surface area contributed by atoms with Crippen LogP contribution in [0.1, 0.15) is 10.4 Å². The number of non-ortho nitro benzene ring substituents is 1. The molecule has 0 spiro atoms. The first-order valence-corrected chi connectivity index (χ1v) is 9.09. The molecule has 0 bridgehead atoms. The Morgan fingerprint density at radius 3 is 2.83 bits per heavy atom. The van der Waals surface area contributed by atoms with Gasteiger partial charge in [0, 0.05) is 17.0 Å². The number of fused-ring (bicyclic) bond motifs is 1. The van der Waals surface area contributed by atoms with Gasteiger partial charge in [-0.05, 0) is 30.5 Å². The second kappa shape index (κ2) is 6.76. The zero-order chi connectivity index (χ0) is 17.3. The topological polar surface area (TPSA) is 85.1 Å². The van der Waals surface area contributed by atoms with Crippen molar-refractivity contribution in [3.05, 3.63) is 57.1 Å². The number of nitrogens with zero attached hydrogens (tertiary/aromatic N) is 2. The van der Waals surface area contributed by atoms with Gasteiger partial charge in [-0.1, -0.05) is 22.9 Å². The molecule has 0 saturated carbocycles. The molecule has 0 aliphatic heterocycles. The summed E-state index contributed by atoms with van der Waals surface area (Å²) in [5.41, 5.74) is 0.617. The van der Waals surface area contributed by atoms with E-state index in [2.05, 4.69) is 10.3 Å². The maximum Gasteiger partial charge on any atom is 0.270 e. The summed E-state index contributed by atoms with van der Waals surface area (Å²) in [5.74, 6) is -0.534. The van der Waals surface area contributed by atoms with Gasteiger partial charge in [0.1, 0.15) is 0 Å². The molecular weight excluding hydrogens is 370 g/mol. The fraction of sp³-hybridized carbons (Fsp3) is 0.0667. The number of carbonyl (C=O) groups excluding carboxylic acids is 1. The molecule has 1 amide bonds. The van der Waals surface area contributed by atoms with Gasteiger partial charge in [0.25, 0.3) is 11.6 Å². The third-order valence-corrected chi connectivity index (χ3v) is 5.21. The number of rotatable bonds is 4. The maximum atomic E-state index is 12.4. The minimum atomic E-state index is -0.575. The van der Waals surface area contributed by atoms with Crippen molar-refractivity contribution in [3.8, 4) is 0 Å². The summed E-state index contributed by atoms with van der Waals surface area (Å²) >= 11 is 8.93. The Hall–Kier alpha value is -2.16. The summed E-state index contributed by atoms with van der Waals surface area (Å²) in [7, 11) is 0. The fourth-order valence-corrected chi connectivity index (χ4v) is 3.67. The molecule has 9 heteroatoms. The normalized spacial score (nSPS) is 10.8. The number of nitro groups is 1. The van der Waals surface area contributed by atoms with E-state index in [0.29, 0.717) is 5.13 Å². The Balaban J connectivity index is 1.89. The Morgan fingerprint density at radius 1 is 1.33 bits per heavy atom. The lowest BCUT2D eigenvalue weighted by atomic mass is 10.2. The third kappa shape index (κ3) is 3.35. The predicted octanol–water partition coefficient (Wildman–Crippen LogP) is 4.83. The average Bonchev–Trinajstić information content (AvgIpc) is 2.95. The van der Waals surface area contributed by atoms with Crippen molar-refractivity contribution in [1.82, 2.24) is 4.98 Å². The van der Waals surface area contributed by atoms with Crippen molar-refractivity contribution < 1.29 is 9.72 Å². The van der Waals surface area contributed by atoms with Crippen LogP contribution in [0.25, 0.3) is 10.2 Å². The largest absolute Gasteiger partial charge is 0.298 e. The molecule has 3 aromatic rings. The van der Waals surface area contributed by atoms with Crippen LogP contribution in [0.4, 0.5) is 10.8 Å². The number of nitro benzene ring substituents is 1. The molecule has 1 aromatic heterocycles. The Labute approximate surface area is 150 Å². The number of benzene rings is 2. The number of hydrogen-bond acceptors (Lipinski definition) is 6. The van der Waals surface area contributed by atoms with E-state index in [9.17, 15) is 14.9 Å². The van der Waals surface area contributed by atoms with E-state index in [4.69, 9.17) is 11.6 Å². The number of nitrogens with one attached hydrogen (secondary N) is 1. The van der Waals surface area contributed by atoms with Crippen molar-refractivity contribution in [3.63, 3.8) is 0 Å². The summed E-state index contributed by atoms with van der Waals surface area (Å²) in [6.45, 7) is 0. The van der Waals surface area contributed by atoms with Crippen LogP contribution in [-0.4, -0.2) is 22.1 Å². The number of halogens is 1. The van der Waals surface area contributed by atoms with E-state index in [1.165, 1.54) is 23.5 Å². The van der Waals surface area contributed by atoms with E-state index >= 15 is 0 Å². The highest BCUT2D eigenvalue weighted by Crippen LogP contribution is 2.30. The second-order valence-corrected chi connectivity index (χ2v) is 7.05. The Bertz CT molecular complexity index is 958. The summed E-state index contributed by atoms with van der Waals surface area (Å²) in [5, 5.41) is 14.0. The van der Waals surface area contributed by atoms with Crippen molar-refractivity contribution in [1.29, 1.82) is 0 Å². The van der Waals surface area contributed by atoms with Crippen molar-refractivity contribution in [2.75, 3.05) is 11.6 Å². The van der Waals surface area contributed by atoms with Crippen LogP contribution < -0.4 is 5.32 Å². The quantitative estimate of drug-likeness (QED) is 0.398. The first kappa shape index (κ1) is 16.7. The van der Waals surface area contributed by atoms with Crippen LogP contribution in [-0.2, 0) is 0 Å². The number of amides is 1. The first-order valence-electron chi connectivity index (χ1n) is 6.68. The summed E-state index contributed by atoms with van der Waals surface area (Å²) in [4.78, 5) is 28.1. The lowest BCUT2D eigenvalue weighted by Gasteiger charge is -2.03. The van der Waals surface area contributed by atoms with Gasteiger partial charge < -0.3 is 0 Å². The molecule has 0 unspecified atom stereocenters. The Kier molecular flexibility index (Phi) is 4.70. The summed E-state index contributed by atoms with van der Waals surface area (Å²) in [6, 6.07) is 9.56. The third-order valence-electron chi connectivity index (χ3n) is 3.22. The maximum absolute atomic E-state index is 12.4. The van der Waals surface area contributed by atoms with Crippen LogP contribution in [0.2, 0.25) is 5.02 Å². The molecule has 24 heavy (non-hydrogen) atoms. The van der Waals surface area contributed by atoms with Gasteiger partial charge >= 0.3 is 0 Å². The van der Waals surface area contributed by atoms with Gasteiger partial charge in [-0.15, -0.1) is 11.8 Å². The summed E-state index contributed by atoms with van der Waals surface area (Å²) in [6.07, 6.45) is 1.98. The average molecular weight is 380 g/mol. The molecule has 122 valence electrons. The zero-order valence-electron chi connectivity index (χ0n) is 12.3. The number of aromatic nitrogens is 1.